The molecule has 17 unspecified atom stereocenters. The fourth-order valence-electron chi connectivity index (χ4n) is 11.0. The summed E-state index contributed by atoms with van der Waals surface area (Å²) in [5.74, 6) is -0.287. The maximum atomic E-state index is 13.4. The molecular weight excluding hydrogens is 1070 g/mol. The van der Waals surface area contributed by atoms with Crippen LogP contribution in [-0.4, -0.2) is 193 Å². The van der Waals surface area contributed by atoms with E-state index >= 15 is 0 Å². The van der Waals surface area contributed by atoms with Crippen LogP contribution >= 0.6 is 0 Å². The van der Waals surface area contributed by atoms with Gasteiger partial charge in [0.05, 0.1) is 38.6 Å². The van der Waals surface area contributed by atoms with Crippen molar-refractivity contribution in [2.24, 2.45) is 0 Å². The third-order valence-corrected chi connectivity index (χ3v) is 16.4. The zero-order valence-corrected chi connectivity index (χ0v) is 50.9. The molecule has 3 fully saturated rings. The molecule has 3 rings (SSSR count). The van der Waals surface area contributed by atoms with Gasteiger partial charge in [0.25, 0.3) is 0 Å². The highest BCUT2D eigenvalue weighted by Gasteiger charge is 2.53. The number of carbonyl (C=O) groups is 1. The van der Waals surface area contributed by atoms with E-state index in [0.29, 0.717) is 12.8 Å². The third kappa shape index (κ3) is 30.2. The summed E-state index contributed by atoms with van der Waals surface area (Å²) in [6.07, 6.45) is 25.5. The van der Waals surface area contributed by atoms with Gasteiger partial charge in [0.15, 0.2) is 18.9 Å². The Balaban J connectivity index is 1.47. The van der Waals surface area contributed by atoms with E-state index in [9.17, 15) is 61.0 Å². The van der Waals surface area contributed by atoms with Crippen molar-refractivity contribution in [1.82, 2.24) is 5.32 Å². The Morgan fingerprint density at radius 3 is 1.20 bits per heavy atom. The van der Waals surface area contributed by atoms with Crippen molar-refractivity contribution in [1.29, 1.82) is 0 Å². The fraction of sp³-hybridized carbons (Fsp3) is 0.891. The lowest BCUT2D eigenvalue weighted by molar-refractivity contribution is -0.379. The second-order valence-electron chi connectivity index (χ2n) is 23.6. The highest BCUT2D eigenvalue weighted by atomic mass is 16.8. The number of aliphatic hydroxyl groups excluding tert-OH is 11. The molecule has 0 bridgehead atoms. The van der Waals surface area contributed by atoms with Gasteiger partial charge in [0.1, 0.15) is 73.2 Å². The molecule has 3 saturated heterocycles. The van der Waals surface area contributed by atoms with Crippen molar-refractivity contribution in [3.63, 3.8) is 0 Å². The monoisotopic (exact) mass is 1190 g/mol. The van der Waals surface area contributed by atoms with Crippen LogP contribution in [0.15, 0.2) is 36.5 Å². The van der Waals surface area contributed by atoms with Crippen molar-refractivity contribution in [2.45, 2.75) is 336 Å². The van der Waals surface area contributed by atoms with Crippen molar-refractivity contribution in [3.05, 3.63) is 36.5 Å². The number of rotatable bonds is 49. The van der Waals surface area contributed by atoms with E-state index in [0.717, 1.165) is 44.9 Å². The first kappa shape index (κ1) is 75.3. The van der Waals surface area contributed by atoms with Crippen LogP contribution in [0.1, 0.15) is 232 Å². The molecule has 83 heavy (non-hydrogen) atoms. The molecule has 3 aliphatic rings. The minimum atomic E-state index is -1.98. The Morgan fingerprint density at radius 2 is 0.771 bits per heavy atom. The fourth-order valence-corrected chi connectivity index (χ4v) is 11.0. The van der Waals surface area contributed by atoms with Crippen molar-refractivity contribution in [2.75, 3.05) is 26.4 Å². The molecule has 0 aromatic rings. The lowest BCUT2D eigenvalue weighted by Crippen LogP contribution is -2.66. The molecule has 3 heterocycles. The quantitative estimate of drug-likeness (QED) is 0.0211. The number of aliphatic hydroxyl groups is 11. The topological polar surface area (TPSA) is 307 Å². The van der Waals surface area contributed by atoms with E-state index < -0.39 is 124 Å². The molecule has 0 aromatic carbocycles. The number of unbranched alkanes of at least 4 members (excludes halogenated alkanes) is 29. The number of amides is 1. The van der Waals surface area contributed by atoms with E-state index in [4.69, 9.17) is 28.4 Å². The van der Waals surface area contributed by atoms with Gasteiger partial charge in [-0.25, -0.2) is 0 Å². The lowest BCUT2D eigenvalue weighted by Gasteiger charge is -2.48. The van der Waals surface area contributed by atoms with Gasteiger partial charge in [-0.05, 0) is 44.9 Å². The van der Waals surface area contributed by atoms with Gasteiger partial charge in [-0.1, -0.05) is 217 Å². The molecule has 3 aliphatic heterocycles. The van der Waals surface area contributed by atoms with Gasteiger partial charge >= 0.3 is 0 Å². The molecule has 0 aromatic heterocycles. The van der Waals surface area contributed by atoms with Crippen LogP contribution in [0.2, 0.25) is 0 Å². The Morgan fingerprint density at radius 1 is 0.422 bits per heavy atom. The average molecular weight is 1190 g/mol. The van der Waals surface area contributed by atoms with Gasteiger partial charge in [-0.2, -0.15) is 0 Å². The van der Waals surface area contributed by atoms with Gasteiger partial charge < -0.3 is 89.9 Å². The van der Waals surface area contributed by atoms with Crippen molar-refractivity contribution < 1.29 is 89.4 Å². The second-order valence-corrected chi connectivity index (χ2v) is 23.6. The Kier molecular flexibility index (Phi) is 42.7. The van der Waals surface area contributed by atoms with Crippen molar-refractivity contribution >= 4 is 5.91 Å². The second kappa shape index (κ2) is 47.1. The number of hydrogen-bond acceptors (Lipinski definition) is 18. The van der Waals surface area contributed by atoms with Crippen LogP contribution in [-0.2, 0) is 33.2 Å². The number of allylic oxidation sites excluding steroid dienone is 5. The summed E-state index contributed by atoms with van der Waals surface area (Å²) < 4.78 is 34.3. The molecule has 1 amide bonds. The average Bonchev–Trinajstić information content (AvgIpc) is 3.19. The van der Waals surface area contributed by atoms with Crippen LogP contribution < -0.4 is 5.32 Å². The zero-order chi connectivity index (χ0) is 60.5. The summed E-state index contributed by atoms with van der Waals surface area (Å²) in [5.41, 5.74) is 0. The molecule has 486 valence electrons. The summed E-state index contributed by atoms with van der Waals surface area (Å²) in [4.78, 5) is 13.4. The molecule has 12 N–H and O–H groups in total. The van der Waals surface area contributed by atoms with Gasteiger partial charge in [0.2, 0.25) is 5.91 Å². The first-order chi connectivity index (χ1) is 40.3. The Hall–Kier alpha value is -1.99. The smallest absolute Gasteiger partial charge is 0.220 e. The molecule has 0 aliphatic carbocycles. The molecule has 19 heteroatoms. The van der Waals surface area contributed by atoms with Crippen LogP contribution in [0.3, 0.4) is 0 Å². The van der Waals surface area contributed by atoms with E-state index in [-0.39, 0.29) is 18.9 Å². The van der Waals surface area contributed by atoms with Gasteiger partial charge in [0, 0.05) is 6.42 Å². The minimum absolute atomic E-state index is 0.236. The first-order valence-electron chi connectivity index (χ1n) is 32.7. The normalized spacial score (nSPS) is 29.6. The maximum Gasteiger partial charge on any atom is 0.220 e. The molecule has 19 nitrogen and oxygen atoms in total. The van der Waals surface area contributed by atoms with E-state index in [1.165, 1.54) is 154 Å². The third-order valence-electron chi connectivity index (χ3n) is 16.4. The van der Waals surface area contributed by atoms with Gasteiger partial charge in [-0.3, -0.25) is 4.79 Å². The molecule has 0 radical (unpaired) electrons. The standard InChI is InChI=1S/C64H117NO18/c1-3-5-7-9-11-13-15-17-19-21-22-23-24-25-26-28-30-32-34-36-38-40-42-52(70)65-47(48(69)41-39-37-35-33-31-29-27-20-18-16-14-12-10-8-6-4-2)46-78-62-58(76)55(73)60(50(44-67)80-62)83-64-59(77)56(74)61(51(45-68)81-64)82-63-57(75)54(72)53(71)49(43-66)79-63/h18,20,31,33,39,41,47-51,53-64,66-69,71-77H,3-17,19,21-30,32,34-38,40,42-46H2,1-2H3,(H,65,70)/b20-18+,33-31+,41-39+. The van der Waals surface area contributed by atoms with Crippen LogP contribution in [0.4, 0.5) is 0 Å². The summed E-state index contributed by atoms with van der Waals surface area (Å²) in [6, 6.07) is -0.993. The molecule has 17 atom stereocenters. The summed E-state index contributed by atoms with van der Waals surface area (Å²) in [5, 5.41) is 120. The first-order valence-corrected chi connectivity index (χ1v) is 32.7. The molecular formula is C64H117NO18. The predicted molar refractivity (Wildman–Crippen MR) is 319 cm³/mol. The molecule has 0 saturated carbocycles. The number of hydrogen-bond donors (Lipinski definition) is 12. The summed E-state index contributed by atoms with van der Waals surface area (Å²) in [6.45, 7) is 1.70. The van der Waals surface area contributed by atoms with E-state index in [1.54, 1.807) is 6.08 Å². The number of ether oxygens (including phenoxy) is 6. The highest BCUT2D eigenvalue weighted by molar-refractivity contribution is 5.76. The lowest BCUT2D eigenvalue weighted by atomic mass is 9.96. The highest BCUT2D eigenvalue weighted by Crippen LogP contribution is 2.33. The molecule has 0 spiro atoms. The van der Waals surface area contributed by atoms with E-state index in [1.807, 2.05) is 6.08 Å². The van der Waals surface area contributed by atoms with Crippen LogP contribution in [0.5, 0.6) is 0 Å². The van der Waals surface area contributed by atoms with Gasteiger partial charge in [-0.15, -0.1) is 0 Å². The van der Waals surface area contributed by atoms with Crippen LogP contribution in [0, 0.1) is 0 Å². The predicted octanol–water partition coefficient (Wildman–Crippen LogP) is 7.27. The SMILES string of the molecule is CCCCCCCC/C=C/CC/C=C/CC/C=C/C(O)C(COC1OC(CO)C(OC2OC(CO)C(OC3OC(CO)C(O)C(O)C3O)C(O)C2O)C(O)C1O)NC(=O)CCCCCCCCCCCCCCCCCCCCCCCC. The van der Waals surface area contributed by atoms with E-state index in [2.05, 4.69) is 43.5 Å². The zero-order valence-electron chi connectivity index (χ0n) is 50.9. The Bertz CT molecular complexity index is 1660. The largest absolute Gasteiger partial charge is 0.394 e. The van der Waals surface area contributed by atoms with Crippen LogP contribution in [0.25, 0.3) is 0 Å². The number of carbonyl (C=O) groups excluding carboxylic acids is 1. The minimum Gasteiger partial charge on any atom is -0.394 e. The summed E-state index contributed by atoms with van der Waals surface area (Å²) in [7, 11) is 0. The summed E-state index contributed by atoms with van der Waals surface area (Å²) >= 11 is 0. The number of nitrogens with one attached hydrogen (secondary N) is 1. The van der Waals surface area contributed by atoms with Crippen molar-refractivity contribution in [3.8, 4) is 0 Å². The Labute approximate surface area is 498 Å². The maximum absolute atomic E-state index is 13.4.